The molecular formula is C40H26Cl3FeN5O6. The topological polar surface area (TPSA) is 177 Å². The number of amides is 1. The first-order chi connectivity index (χ1) is 26.0. The van der Waals surface area contributed by atoms with Gasteiger partial charge in [-0.25, -0.2) is 0 Å². The number of aldehydes is 1. The minimum atomic E-state index is -0.480. The molecule has 0 radical (unpaired) electrons. The van der Waals surface area contributed by atoms with Crippen molar-refractivity contribution in [2.45, 2.75) is 0 Å². The van der Waals surface area contributed by atoms with E-state index in [1.807, 2.05) is 18.2 Å². The number of anilines is 1. The Labute approximate surface area is 338 Å². The van der Waals surface area contributed by atoms with E-state index >= 15 is 0 Å². The van der Waals surface area contributed by atoms with Gasteiger partial charge in [0.2, 0.25) is 0 Å². The van der Waals surface area contributed by atoms with Crippen molar-refractivity contribution in [2.75, 3.05) is 5.32 Å². The van der Waals surface area contributed by atoms with E-state index in [4.69, 9.17) is 34.8 Å². The maximum atomic E-state index is 12.8. The van der Waals surface area contributed by atoms with E-state index < -0.39 is 5.91 Å². The first kappa shape index (κ1) is 40.2. The third-order valence-corrected chi connectivity index (χ3v) is 8.63. The number of hydrogen-bond acceptors (Lipinski definition) is 10. The van der Waals surface area contributed by atoms with Gasteiger partial charge in [-0.3, -0.25) is 9.59 Å². The van der Waals surface area contributed by atoms with Gasteiger partial charge in [-0.1, -0.05) is 102 Å². The summed E-state index contributed by atoms with van der Waals surface area (Å²) in [4.78, 5) is 23.9. The van der Waals surface area contributed by atoms with Gasteiger partial charge in [0.1, 0.15) is 28.5 Å². The molecule has 0 atom stereocenters. The normalized spacial score (nSPS) is 11.0. The van der Waals surface area contributed by atoms with Crippen molar-refractivity contribution < 1.29 is 47.1 Å². The van der Waals surface area contributed by atoms with Gasteiger partial charge in [0, 0.05) is 43.6 Å². The number of halogens is 3. The molecule has 1 amide bonds. The Morgan fingerprint density at radius 2 is 1.15 bits per heavy atom. The van der Waals surface area contributed by atoms with Gasteiger partial charge in [-0.05, 0) is 65.4 Å². The number of benzene rings is 7. The quantitative estimate of drug-likeness (QED) is 0.0606. The summed E-state index contributed by atoms with van der Waals surface area (Å²) < 4.78 is 0. The second-order valence-corrected chi connectivity index (χ2v) is 12.7. The maximum absolute atomic E-state index is 12.8. The second kappa shape index (κ2) is 17.9. The molecule has 0 saturated heterocycles. The van der Waals surface area contributed by atoms with E-state index in [9.17, 15) is 30.0 Å². The summed E-state index contributed by atoms with van der Waals surface area (Å²) in [5, 5.41) is 63.1. The predicted octanol–water partition coefficient (Wildman–Crippen LogP) is 12.4. The zero-order valence-electron chi connectivity index (χ0n) is 28.0. The third kappa shape index (κ3) is 9.21. The number of hydrogen-bond donors (Lipinski definition) is 5. The van der Waals surface area contributed by atoms with Crippen LogP contribution < -0.4 is 5.32 Å². The van der Waals surface area contributed by atoms with Gasteiger partial charge in [0.25, 0.3) is 5.91 Å². The van der Waals surface area contributed by atoms with E-state index in [0.29, 0.717) is 33.2 Å². The zero-order chi connectivity index (χ0) is 38.4. The van der Waals surface area contributed by atoms with Crippen molar-refractivity contribution >= 4 is 97.0 Å². The second-order valence-electron chi connectivity index (χ2n) is 11.5. The molecule has 0 bridgehead atoms. The van der Waals surface area contributed by atoms with Crippen molar-refractivity contribution in [3.8, 4) is 23.0 Å². The van der Waals surface area contributed by atoms with Crippen LogP contribution in [0.1, 0.15) is 20.7 Å². The standard InChI is InChI=1S/C23H16ClN3O3.C17H10Cl2N2O3.Fe/c24-15-10-11-20(28)19(13-15)26-27-21-17-9-5-4-6-14(17)12-18(22(21)29)23(30)25-16-7-2-1-3-8-16;18-11-6-13(19)17(24)14(7-11)20-21-15-12-4-2-1-3-9(12)5-10(8-22)16(15)23;/h1-13,28-29H,(H,25,30);1-8,23-24H;. The SMILES string of the molecule is O=C(Nc1ccccc1)c1cc2ccccc2c(N=Nc2cc(Cl)ccc2O)c1O.O=Cc1cc2ccccc2c(N=Nc2cc(Cl)cc(Cl)c2O)c1O.[Fe]. The zero-order valence-corrected chi connectivity index (χ0v) is 31.4. The average molecular weight is 835 g/mol. The Morgan fingerprint density at radius 1 is 0.582 bits per heavy atom. The van der Waals surface area contributed by atoms with Gasteiger partial charge >= 0.3 is 0 Å². The number of carbonyl (C=O) groups excluding carboxylic acids is 2. The molecule has 0 heterocycles. The third-order valence-electron chi connectivity index (χ3n) is 7.88. The van der Waals surface area contributed by atoms with Crippen LogP contribution in [0.15, 0.2) is 142 Å². The molecular weight excluding hydrogens is 809 g/mol. The molecule has 5 N–H and O–H groups in total. The van der Waals surface area contributed by atoms with Crippen LogP contribution in [-0.2, 0) is 17.1 Å². The van der Waals surface area contributed by atoms with Gasteiger partial charge in [0.05, 0.1) is 16.1 Å². The van der Waals surface area contributed by atoms with E-state index in [2.05, 4.69) is 25.8 Å². The molecule has 0 aliphatic heterocycles. The number of para-hydroxylation sites is 1. The fraction of sp³-hybridized carbons (Fsp3) is 0. The first-order valence-corrected chi connectivity index (χ1v) is 17.0. The van der Waals surface area contributed by atoms with Crippen LogP contribution >= 0.6 is 34.8 Å². The summed E-state index contributed by atoms with van der Waals surface area (Å²) in [6.45, 7) is 0. The number of nitrogens with zero attached hydrogens (tertiary/aromatic N) is 4. The number of carbonyl (C=O) groups is 2. The van der Waals surface area contributed by atoms with Crippen LogP contribution in [0.3, 0.4) is 0 Å². The molecule has 7 rings (SSSR count). The van der Waals surface area contributed by atoms with Crippen LogP contribution in [-0.4, -0.2) is 32.6 Å². The average Bonchev–Trinajstić information content (AvgIpc) is 3.17. The molecule has 15 heteroatoms. The van der Waals surface area contributed by atoms with Gasteiger partial charge in [-0.15, -0.1) is 20.5 Å². The van der Waals surface area contributed by atoms with Crippen LogP contribution in [0, 0.1) is 0 Å². The van der Waals surface area contributed by atoms with Crippen molar-refractivity contribution in [3.63, 3.8) is 0 Å². The van der Waals surface area contributed by atoms with Crippen molar-refractivity contribution in [3.05, 3.63) is 148 Å². The van der Waals surface area contributed by atoms with E-state index in [1.54, 1.807) is 72.8 Å². The van der Waals surface area contributed by atoms with E-state index in [0.717, 1.165) is 5.39 Å². The van der Waals surface area contributed by atoms with Crippen molar-refractivity contribution in [2.24, 2.45) is 20.5 Å². The molecule has 0 aliphatic carbocycles. The number of nitrogens with one attached hydrogen (secondary N) is 1. The Bertz CT molecular complexity index is 2630. The summed E-state index contributed by atoms with van der Waals surface area (Å²) in [6.07, 6.45) is 0.536. The molecule has 0 saturated carbocycles. The van der Waals surface area contributed by atoms with Gasteiger partial charge in [-0.2, -0.15) is 0 Å². The molecule has 0 fully saturated rings. The largest absolute Gasteiger partial charge is 0.506 e. The van der Waals surface area contributed by atoms with Crippen LogP contribution in [0.5, 0.6) is 23.0 Å². The number of phenolic OH excluding ortho intramolecular Hbond substituents is 4. The number of aromatic hydroxyl groups is 4. The fourth-order valence-electron chi connectivity index (χ4n) is 5.25. The van der Waals surface area contributed by atoms with Gasteiger partial charge in [0.15, 0.2) is 23.5 Å². The van der Waals surface area contributed by atoms with Crippen molar-refractivity contribution in [1.82, 2.24) is 0 Å². The molecule has 276 valence electrons. The molecule has 0 unspecified atom stereocenters. The van der Waals surface area contributed by atoms with E-state index in [1.165, 1.54) is 30.3 Å². The Balaban J connectivity index is 0.000000212. The molecule has 55 heavy (non-hydrogen) atoms. The number of fused-ring (bicyclic) bond motifs is 2. The monoisotopic (exact) mass is 833 g/mol. The fourth-order valence-corrected chi connectivity index (χ4v) is 5.90. The predicted molar refractivity (Wildman–Crippen MR) is 211 cm³/mol. The number of phenols is 4. The van der Waals surface area contributed by atoms with E-state index in [-0.39, 0.29) is 84.0 Å². The molecule has 0 aromatic heterocycles. The van der Waals surface area contributed by atoms with Crippen LogP contribution in [0.4, 0.5) is 28.4 Å². The minimum absolute atomic E-state index is 0. The summed E-state index contributed by atoms with van der Waals surface area (Å²) in [5.41, 5.74) is 1.17. The van der Waals surface area contributed by atoms with Crippen LogP contribution in [0.2, 0.25) is 15.1 Å². The Kier molecular flexibility index (Phi) is 13.1. The molecule has 0 spiro atoms. The molecule has 0 aliphatic rings. The molecule has 7 aromatic rings. The summed E-state index contributed by atoms with van der Waals surface area (Å²) in [6, 6.07) is 33.5. The summed E-state index contributed by atoms with van der Waals surface area (Å²) in [7, 11) is 0. The van der Waals surface area contributed by atoms with Gasteiger partial charge < -0.3 is 25.7 Å². The summed E-state index contributed by atoms with van der Waals surface area (Å²) >= 11 is 17.7. The van der Waals surface area contributed by atoms with Crippen LogP contribution in [0.25, 0.3) is 21.5 Å². The van der Waals surface area contributed by atoms with Crippen molar-refractivity contribution in [1.29, 1.82) is 0 Å². The summed E-state index contributed by atoms with van der Waals surface area (Å²) in [5.74, 6) is -1.47. The number of azo groups is 2. The molecule has 11 nitrogen and oxygen atoms in total. The Hall–Kier alpha value is -6.01. The smallest absolute Gasteiger partial charge is 0.259 e. The molecule has 7 aromatic carbocycles. The number of rotatable bonds is 7. The first-order valence-electron chi connectivity index (χ1n) is 15.8. The Morgan fingerprint density at radius 3 is 1.80 bits per heavy atom. The minimum Gasteiger partial charge on any atom is -0.506 e. The maximum Gasteiger partial charge on any atom is 0.259 e.